The van der Waals surface area contributed by atoms with Crippen molar-refractivity contribution in [3.63, 3.8) is 0 Å². The van der Waals surface area contributed by atoms with Gasteiger partial charge in [-0.25, -0.2) is 0 Å². The van der Waals surface area contributed by atoms with Crippen LogP contribution in [0.5, 0.6) is 0 Å². The molecule has 0 rings (SSSR count). The molecule has 1 N–H and O–H groups in total. The lowest BCUT2D eigenvalue weighted by Crippen LogP contribution is -2.29. The van der Waals surface area contributed by atoms with E-state index in [4.69, 9.17) is 20.8 Å². The molecule has 0 saturated heterocycles. The number of hydrogen-bond acceptors (Lipinski definition) is 3. The third kappa shape index (κ3) is 19.1. The highest BCUT2D eigenvalue weighted by atomic mass is 16.7. The number of hydrogen-bond donors (Lipinski definition) is 1. The molecule has 0 amide bonds. The van der Waals surface area contributed by atoms with E-state index in [9.17, 15) is 0 Å². The predicted molar refractivity (Wildman–Crippen MR) is 68.8 cm³/mol. The van der Waals surface area contributed by atoms with Crippen LogP contribution in [0.15, 0.2) is 0 Å². The second-order valence-electron chi connectivity index (χ2n) is 3.98. The Morgan fingerprint density at radius 1 is 1.19 bits per heavy atom. The van der Waals surface area contributed by atoms with Crippen LogP contribution in [0.1, 0.15) is 53.9 Å². The van der Waals surface area contributed by atoms with Crippen LogP contribution in [0.3, 0.4) is 0 Å². The standard InChI is InChI=1S/C6H15BO3.C6H10/c1-5(2)9-7(8)10-6(3)4;1-3-5-6-4-2/h5-6,8H,1-4H3;1H,4-6H2,2H3. The lowest BCUT2D eigenvalue weighted by atomic mass is 10.2. The van der Waals surface area contributed by atoms with Crippen LogP contribution in [0.25, 0.3) is 0 Å². The van der Waals surface area contributed by atoms with Crippen molar-refractivity contribution < 1.29 is 14.3 Å². The Morgan fingerprint density at radius 3 is 1.81 bits per heavy atom. The van der Waals surface area contributed by atoms with E-state index >= 15 is 0 Å². The van der Waals surface area contributed by atoms with Crippen molar-refractivity contribution in [2.75, 3.05) is 0 Å². The number of unbranched alkanes of at least 4 members (excludes halogenated alkanes) is 2. The van der Waals surface area contributed by atoms with E-state index < -0.39 is 7.32 Å². The second-order valence-corrected chi connectivity index (χ2v) is 3.98. The summed E-state index contributed by atoms with van der Waals surface area (Å²) < 4.78 is 9.79. The summed E-state index contributed by atoms with van der Waals surface area (Å²) in [5.41, 5.74) is 0. The highest BCUT2D eigenvalue weighted by molar-refractivity contribution is 6.34. The van der Waals surface area contributed by atoms with Crippen molar-refractivity contribution in [2.24, 2.45) is 0 Å². The average Bonchev–Trinajstić information content (AvgIpc) is 2.12. The van der Waals surface area contributed by atoms with Gasteiger partial charge in [0.25, 0.3) is 0 Å². The van der Waals surface area contributed by atoms with Crippen molar-refractivity contribution in [1.29, 1.82) is 0 Å². The Morgan fingerprint density at radius 2 is 1.62 bits per heavy atom. The van der Waals surface area contributed by atoms with Gasteiger partial charge >= 0.3 is 7.32 Å². The quantitative estimate of drug-likeness (QED) is 0.431. The van der Waals surface area contributed by atoms with Gasteiger partial charge in [-0.2, -0.15) is 0 Å². The summed E-state index contributed by atoms with van der Waals surface area (Å²) >= 11 is 0. The summed E-state index contributed by atoms with van der Waals surface area (Å²) in [6.07, 6.45) is 8.28. The molecular weight excluding hydrogens is 203 g/mol. The Hall–Kier alpha value is -0.495. The third-order valence-electron chi connectivity index (χ3n) is 1.45. The molecule has 4 heteroatoms. The molecule has 0 aliphatic rings. The summed E-state index contributed by atoms with van der Waals surface area (Å²) in [7, 11) is -1.08. The molecule has 0 spiro atoms. The van der Waals surface area contributed by atoms with Gasteiger partial charge in [0, 0.05) is 18.6 Å². The fraction of sp³-hybridized carbons (Fsp3) is 0.833. The zero-order valence-electron chi connectivity index (χ0n) is 11.2. The molecule has 3 nitrogen and oxygen atoms in total. The van der Waals surface area contributed by atoms with E-state index in [1.807, 2.05) is 27.7 Å². The van der Waals surface area contributed by atoms with Crippen LogP contribution in [0, 0.1) is 12.3 Å². The maximum atomic E-state index is 8.95. The molecule has 16 heavy (non-hydrogen) atoms. The zero-order chi connectivity index (χ0) is 13.0. The van der Waals surface area contributed by atoms with E-state index in [0.717, 1.165) is 6.42 Å². The lowest BCUT2D eigenvalue weighted by Gasteiger charge is -2.13. The summed E-state index contributed by atoms with van der Waals surface area (Å²) in [6, 6.07) is 0. The van der Waals surface area contributed by atoms with Gasteiger partial charge in [-0.15, -0.1) is 12.3 Å². The average molecular weight is 228 g/mol. The molecule has 0 aliphatic carbocycles. The molecule has 0 fully saturated rings. The van der Waals surface area contributed by atoms with Crippen molar-refractivity contribution in [3.05, 3.63) is 0 Å². The first kappa shape index (κ1) is 17.9. The molecule has 0 heterocycles. The van der Waals surface area contributed by atoms with Gasteiger partial charge < -0.3 is 14.3 Å². The van der Waals surface area contributed by atoms with Crippen LogP contribution in [0.2, 0.25) is 0 Å². The summed E-state index contributed by atoms with van der Waals surface area (Å²) in [5.74, 6) is 2.57. The minimum absolute atomic E-state index is 0.00579. The highest BCUT2D eigenvalue weighted by Gasteiger charge is 2.18. The van der Waals surface area contributed by atoms with Crippen LogP contribution in [-0.4, -0.2) is 24.6 Å². The predicted octanol–water partition coefficient (Wildman–Crippen LogP) is 2.62. The van der Waals surface area contributed by atoms with Crippen LogP contribution in [-0.2, 0) is 9.31 Å². The van der Waals surface area contributed by atoms with E-state index in [1.54, 1.807) is 0 Å². The summed E-state index contributed by atoms with van der Waals surface area (Å²) in [4.78, 5) is 0. The largest absolute Gasteiger partial charge is 0.637 e. The van der Waals surface area contributed by atoms with Gasteiger partial charge in [-0.1, -0.05) is 13.3 Å². The Balaban J connectivity index is 0. The minimum Gasteiger partial charge on any atom is -0.402 e. The Kier molecular flexibility index (Phi) is 14.1. The van der Waals surface area contributed by atoms with Crippen LogP contribution in [0.4, 0.5) is 0 Å². The minimum atomic E-state index is -1.08. The van der Waals surface area contributed by atoms with Gasteiger partial charge in [0.2, 0.25) is 0 Å². The van der Waals surface area contributed by atoms with Gasteiger partial charge in [-0.05, 0) is 34.1 Å². The normalized spacial score (nSPS) is 9.69. The molecule has 0 bridgehead atoms. The van der Waals surface area contributed by atoms with Gasteiger partial charge in [0.05, 0.1) is 0 Å². The maximum absolute atomic E-state index is 8.95. The first-order valence-corrected chi connectivity index (χ1v) is 5.86. The first-order valence-electron chi connectivity index (χ1n) is 5.86. The van der Waals surface area contributed by atoms with Gasteiger partial charge in [0.1, 0.15) is 0 Å². The topological polar surface area (TPSA) is 38.7 Å². The van der Waals surface area contributed by atoms with Crippen LogP contribution < -0.4 is 0 Å². The first-order chi connectivity index (χ1) is 7.43. The van der Waals surface area contributed by atoms with Crippen LogP contribution >= 0.6 is 0 Å². The fourth-order valence-corrected chi connectivity index (χ4v) is 0.777. The second kappa shape index (κ2) is 12.6. The van der Waals surface area contributed by atoms with Gasteiger partial charge in [0.15, 0.2) is 0 Å². The number of rotatable bonds is 6. The monoisotopic (exact) mass is 228 g/mol. The molecule has 94 valence electrons. The van der Waals surface area contributed by atoms with Crippen molar-refractivity contribution >= 4 is 7.32 Å². The fourth-order valence-electron chi connectivity index (χ4n) is 0.777. The Bertz CT molecular complexity index is 166. The van der Waals surface area contributed by atoms with E-state index in [-0.39, 0.29) is 12.2 Å². The summed E-state index contributed by atoms with van der Waals surface area (Å²) in [5, 5.41) is 8.95. The molecule has 0 atom stereocenters. The SMILES string of the molecule is C#CCCCC.CC(C)OB(O)OC(C)C. The lowest BCUT2D eigenvalue weighted by molar-refractivity contribution is 0.0790. The van der Waals surface area contributed by atoms with E-state index in [1.165, 1.54) is 12.8 Å². The van der Waals surface area contributed by atoms with Gasteiger partial charge in [-0.3, -0.25) is 0 Å². The van der Waals surface area contributed by atoms with Crippen molar-refractivity contribution in [2.45, 2.75) is 66.1 Å². The molecule has 0 aliphatic heterocycles. The summed E-state index contributed by atoms with van der Waals surface area (Å²) in [6.45, 7) is 9.50. The molecule has 0 aromatic rings. The Labute approximate surface area is 101 Å². The number of terminal acetylenes is 1. The van der Waals surface area contributed by atoms with E-state index in [2.05, 4.69) is 12.8 Å². The maximum Gasteiger partial charge on any atom is 0.637 e. The molecular formula is C12H25BO3. The third-order valence-corrected chi connectivity index (χ3v) is 1.45. The van der Waals surface area contributed by atoms with Crippen molar-refractivity contribution in [1.82, 2.24) is 0 Å². The molecule has 0 saturated carbocycles. The molecule has 0 unspecified atom stereocenters. The molecule has 0 aromatic carbocycles. The zero-order valence-corrected chi connectivity index (χ0v) is 11.2. The molecule has 0 aromatic heterocycles. The highest BCUT2D eigenvalue weighted by Crippen LogP contribution is 1.96. The van der Waals surface area contributed by atoms with E-state index in [0.29, 0.717) is 0 Å². The smallest absolute Gasteiger partial charge is 0.402 e. The van der Waals surface area contributed by atoms with Crippen molar-refractivity contribution in [3.8, 4) is 12.3 Å². The molecule has 0 radical (unpaired) electrons.